The fourth-order valence-corrected chi connectivity index (χ4v) is 2.54. The average molecular weight is 324 g/mol. The first-order valence-corrected chi connectivity index (χ1v) is 7.65. The van der Waals surface area contributed by atoms with Gasteiger partial charge in [0.1, 0.15) is 0 Å². The van der Waals surface area contributed by atoms with Crippen molar-refractivity contribution in [3.8, 4) is 0 Å². The van der Waals surface area contributed by atoms with Gasteiger partial charge in [0, 0.05) is 29.8 Å². The number of halogens is 1. The molecule has 6 heteroatoms. The van der Waals surface area contributed by atoms with Crippen LogP contribution in [0.2, 0.25) is 0 Å². The smallest absolute Gasteiger partial charge is 0.251 e. The Labute approximate surface area is 136 Å². The number of anilines is 1. The Kier molecular flexibility index (Phi) is 5.80. The molecule has 5 nitrogen and oxygen atoms in total. The summed E-state index contributed by atoms with van der Waals surface area (Å²) in [6.07, 6.45) is 4.09. The third-order valence-corrected chi connectivity index (χ3v) is 3.99. The van der Waals surface area contributed by atoms with E-state index in [-0.39, 0.29) is 36.2 Å². The number of nitrogens with one attached hydrogen (secondary N) is 3. The third-order valence-electron chi connectivity index (χ3n) is 3.99. The Morgan fingerprint density at radius 3 is 2.41 bits per heavy atom. The van der Waals surface area contributed by atoms with Gasteiger partial charge in [-0.1, -0.05) is 0 Å². The van der Waals surface area contributed by atoms with Gasteiger partial charge in [-0.05, 0) is 56.5 Å². The van der Waals surface area contributed by atoms with E-state index in [1.54, 1.807) is 24.3 Å². The number of rotatable bonds is 4. The highest BCUT2D eigenvalue weighted by Crippen LogP contribution is 2.30. The molecule has 1 aromatic rings. The summed E-state index contributed by atoms with van der Waals surface area (Å²) < 4.78 is 0. The molecule has 1 saturated carbocycles. The Balaban J connectivity index is 0.00000176. The first kappa shape index (κ1) is 16.8. The van der Waals surface area contributed by atoms with Gasteiger partial charge < -0.3 is 16.0 Å². The summed E-state index contributed by atoms with van der Waals surface area (Å²) in [4.78, 5) is 23.8. The van der Waals surface area contributed by atoms with Crippen molar-refractivity contribution in [2.75, 3.05) is 18.4 Å². The van der Waals surface area contributed by atoms with Crippen LogP contribution in [0.25, 0.3) is 0 Å². The summed E-state index contributed by atoms with van der Waals surface area (Å²) in [6, 6.07) is 7.30. The molecule has 0 spiro atoms. The van der Waals surface area contributed by atoms with Gasteiger partial charge in [0.15, 0.2) is 0 Å². The summed E-state index contributed by atoms with van der Waals surface area (Å²) in [7, 11) is 0. The lowest BCUT2D eigenvalue weighted by Gasteiger charge is -2.23. The van der Waals surface area contributed by atoms with Crippen molar-refractivity contribution in [1.29, 1.82) is 0 Å². The summed E-state index contributed by atoms with van der Waals surface area (Å²) in [5.41, 5.74) is 1.38. The van der Waals surface area contributed by atoms with Crippen LogP contribution in [0.15, 0.2) is 24.3 Å². The minimum absolute atomic E-state index is 0. The van der Waals surface area contributed by atoms with Gasteiger partial charge in [-0.3, -0.25) is 9.59 Å². The van der Waals surface area contributed by atoms with Gasteiger partial charge in [-0.2, -0.15) is 0 Å². The normalized spacial score (nSPS) is 20.6. The maximum Gasteiger partial charge on any atom is 0.251 e. The molecule has 22 heavy (non-hydrogen) atoms. The van der Waals surface area contributed by atoms with E-state index in [4.69, 9.17) is 0 Å². The van der Waals surface area contributed by atoms with E-state index in [0.29, 0.717) is 5.56 Å². The van der Waals surface area contributed by atoms with Gasteiger partial charge in [0.2, 0.25) is 5.91 Å². The molecule has 1 atom stereocenters. The second kappa shape index (κ2) is 7.61. The molecular formula is C16H22ClN3O2. The first-order chi connectivity index (χ1) is 10.2. The Morgan fingerprint density at radius 1 is 1.09 bits per heavy atom. The van der Waals surface area contributed by atoms with Gasteiger partial charge in [-0.15, -0.1) is 12.4 Å². The Bertz CT molecular complexity index is 523. The van der Waals surface area contributed by atoms with Crippen molar-refractivity contribution in [3.63, 3.8) is 0 Å². The molecule has 3 rings (SSSR count). The summed E-state index contributed by atoms with van der Waals surface area (Å²) >= 11 is 0. The first-order valence-electron chi connectivity index (χ1n) is 7.65. The molecule has 1 saturated heterocycles. The molecule has 1 aliphatic heterocycles. The summed E-state index contributed by atoms with van der Waals surface area (Å²) in [5.74, 6) is 0.219. The van der Waals surface area contributed by atoms with Gasteiger partial charge in [0.05, 0.1) is 0 Å². The molecule has 1 unspecified atom stereocenters. The number of carbonyl (C=O) groups excluding carboxylic acids is 2. The van der Waals surface area contributed by atoms with Crippen LogP contribution in [-0.2, 0) is 4.79 Å². The number of benzene rings is 1. The minimum Gasteiger partial charge on any atom is -0.348 e. The van der Waals surface area contributed by atoms with Crippen molar-refractivity contribution in [2.24, 2.45) is 5.92 Å². The second-order valence-electron chi connectivity index (χ2n) is 5.86. The average Bonchev–Trinajstić information content (AvgIpc) is 3.33. The molecular weight excluding hydrogens is 302 g/mol. The fourth-order valence-electron chi connectivity index (χ4n) is 2.54. The molecule has 1 heterocycles. The van der Waals surface area contributed by atoms with Crippen molar-refractivity contribution in [3.05, 3.63) is 29.8 Å². The van der Waals surface area contributed by atoms with E-state index in [1.807, 2.05) is 0 Å². The molecule has 2 fully saturated rings. The molecule has 0 bridgehead atoms. The minimum atomic E-state index is -0.0521. The number of hydrogen-bond acceptors (Lipinski definition) is 3. The lowest BCUT2D eigenvalue weighted by molar-refractivity contribution is -0.117. The third kappa shape index (κ3) is 4.45. The quantitative estimate of drug-likeness (QED) is 0.793. The zero-order chi connectivity index (χ0) is 14.7. The largest absolute Gasteiger partial charge is 0.348 e. The topological polar surface area (TPSA) is 70.2 Å². The Morgan fingerprint density at radius 2 is 1.82 bits per heavy atom. The van der Waals surface area contributed by atoms with Gasteiger partial charge in [0.25, 0.3) is 5.91 Å². The summed E-state index contributed by atoms with van der Waals surface area (Å²) in [6.45, 7) is 1.86. The molecule has 0 aromatic heterocycles. The molecule has 2 aliphatic rings. The fraction of sp³-hybridized carbons (Fsp3) is 0.500. The molecule has 0 radical (unpaired) electrons. The molecule has 2 amide bonds. The van der Waals surface area contributed by atoms with Crippen molar-refractivity contribution in [1.82, 2.24) is 10.6 Å². The van der Waals surface area contributed by atoms with Crippen LogP contribution in [0.3, 0.4) is 0 Å². The SMILES string of the molecule is Cl.O=C(NC1CCCNC1)c1ccc(NC(=O)C2CC2)cc1. The van der Waals surface area contributed by atoms with Crippen LogP contribution in [0.5, 0.6) is 0 Å². The lowest BCUT2D eigenvalue weighted by atomic mass is 10.1. The predicted molar refractivity (Wildman–Crippen MR) is 88.4 cm³/mol. The maximum atomic E-state index is 12.1. The van der Waals surface area contributed by atoms with Crippen LogP contribution in [0.4, 0.5) is 5.69 Å². The number of carbonyl (C=O) groups is 2. The van der Waals surface area contributed by atoms with E-state index in [0.717, 1.165) is 44.5 Å². The zero-order valence-electron chi connectivity index (χ0n) is 12.4. The second-order valence-corrected chi connectivity index (χ2v) is 5.86. The highest BCUT2D eigenvalue weighted by molar-refractivity contribution is 5.96. The van der Waals surface area contributed by atoms with Crippen molar-refractivity contribution < 1.29 is 9.59 Å². The van der Waals surface area contributed by atoms with Crippen LogP contribution < -0.4 is 16.0 Å². The molecule has 120 valence electrons. The van der Waals surface area contributed by atoms with Crippen LogP contribution >= 0.6 is 12.4 Å². The van der Waals surface area contributed by atoms with E-state index < -0.39 is 0 Å². The standard InChI is InChI=1S/C16H21N3O2.ClH/c20-15(11-3-4-11)18-13-7-5-12(6-8-13)16(21)19-14-2-1-9-17-10-14;/h5-8,11,14,17H,1-4,9-10H2,(H,18,20)(H,19,21);1H. The molecule has 1 aliphatic carbocycles. The van der Waals surface area contributed by atoms with E-state index >= 15 is 0 Å². The van der Waals surface area contributed by atoms with Crippen LogP contribution in [0.1, 0.15) is 36.0 Å². The van der Waals surface area contributed by atoms with Crippen molar-refractivity contribution in [2.45, 2.75) is 31.7 Å². The van der Waals surface area contributed by atoms with Gasteiger partial charge in [-0.25, -0.2) is 0 Å². The van der Waals surface area contributed by atoms with E-state index in [9.17, 15) is 9.59 Å². The predicted octanol–water partition coefficient (Wildman–Crippen LogP) is 1.94. The maximum absolute atomic E-state index is 12.1. The molecule has 3 N–H and O–H groups in total. The van der Waals surface area contributed by atoms with E-state index in [2.05, 4.69) is 16.0 Å². The number of piperidine rings is 1. The van der Waals surface area contributed by atoms with Crippen LogP contribution in [0, 0.1) is 5.92 Å². The van der Waals surface area contributed by atoms with E-state index in [1.165, 1.54) is 0 Å². The highest BCUT2D eigenvalue weighted by Gasteiger charge is 2.29. The number of hydrogen-bond donors (Lipinski definition) is 3. The summed E-state index contributed by atoms with van der Waals surface area (Å²) in [5, 5.41) is 9.18. The number of amides is 2. The molecule has 1 aromatic carbocycles. The van der Waals surface area contributed by atoms with Crippen LogP contribution in [-0.4, -0.2) is 30.9 Å². The monoisotopic (exact) mass is 323 g/mol. The van der Waals surface area contributed by atoms with Crippen molar-refractivity contribution >= 4 is 29.9 Å². The zero-order valence-corrected chi connectivity index (χ0v) is 13.2. The van der Waals surface area contributed by atoms with Gasteiger partial charge >= 0.3 is 0 Å². The lowest BCUT2D eigenvalue weighted by Crippen LogP contribution is -2.45. The highest BCUT2D eigenvalue weighted by atomic mass is 35.5. The Hall–Kier alpha value is -1.59.